The molecule has 0 aromatic carbocycles. The molecule has 0 aliphatic rings. The van der Waals surface area contributed by atoms with Crippen molar-refractivity contribution in [2.24, 2.45) is 11.6 Å². The molecule has 4 N–H and O–H groups in total. The van der Waals surface area contributed by atoms with Crippen LogP contribution in [0.4, 0.5) is 0 Å². The summed E-state index contributed by atoms with van der Waals surface area (Å²) in [5.74, 6) is 8.18. The molecule has 0 fully saturated rings. The normalized spacial score (nSPS) is 13.1. The molecule has 6 heteroatoms. The van der Waals surface area contributed by atoms with Gasteiger partial charge in [-0.2, -0.15) is 0 Å². The third-order valence-electron chi connectivity index (χ3n) is 1.96. The van der Waals surface area contributed by atoms with Crippen LogP contribution in [0.3, 0.4) is 0 Å². The van der Waals surface area contributed by atoms with Crippen LogP contribution in [-0.2, 0) is 0 Å². The highest BCUT2D eigenvalue weighted by molar-refractivity contribution is 5.33. The summed E-state index contributed by atoms with van der Waals surface area (Å²) >= 11 is 0. The van der Waals surface area contributed by atoms with Crippen molar-refractivity contribution in [3.63, 3.8) is 0 Å². The van der Waals surface area contributed by atoms with Gasteiger partial charge >= 0.3 is 0 Å². The minimum absolute atomic E-state index is 0.192. The second-order valence-corrected chi connectivity index (χ2v) is 4.41. The van der Waals surface area contributed by atoms with E-state index in [0.29, 0.717) is 5.70 Å². The van der Waals surface area contributed by atoms with E-state index in [-0.39, 0.29) is 12.2 Å². The molecule has 94 valence electrons. The molecule has 0 atom stereocenters. The fourth-order valence-corrected chi connectivity index (χ4v) is 1.01. The van der Waals surface area contributed by atoms with Gasteiger partial charge in [0.2, 0.25) is 6.54 Å². The Labute approximate surface area is 101 Å². The average Bonchev–Trinajstić information content (AvgIpc) is 2.20. The van der Waals surface area contributed by atoms with Crippen molar-refractivity contribution < 1.29 is 4.92 Å². The summed E-state index contributed by atoms with van der Waals surface area (Å²) in [4.78, 5) is 9.76. The molecule has 0 aliphatic heterocycles. The van der Waals surface area contributed by atoms with Gasteiger partial charge in [0.15, 0.2) is 0 Å². The standard InChI is InChI=1S/C11H18N4O2/c1-5-6-10(15(13)11(2,3)4)9(12)7-8-14(16)17/h1,6-7H,8,12-13H2,2-4H3/b9-7+,10-6+. The smallest absolute Gasteiger partial charge is 0.224 e. The molecule has 0 saturated heterocycles. The Balaban J connectivity index is 5.15. The van der Waals surface area contributed by atoms with Crippen molar-refractivity contribution in [2.45, 2.75) is 26.3 Å². The lowest BCUT2D eigenvalue weighted by Crippen LogP contribution is -2.46. The van der Waals surface area contributed by atoms with Crippen LogP contribution in [0.1, 0.15) is 20.8 Å². The van der Waals surface area contributed by atoms with E-state index in [1.165, 1.54) is 17.2 Å². The molecule has 17 heavy (non-hydrogen) atoms. The first-order valence-electron chi connectivity index (χ1n) is 4.99. The summed E-state index contributed by atoms with van der Waals surface area (Å²) in [5.41, 5.74) is 5.91. The van der Waals surface area contributed by atoms with Gasteiger partial charge in [0.1, 0.15) is 0 Å². The maximum atomic E-state index is 10.3. The molecule has 0 bridgehead atoms. The van der Waals surface area contributed by atoms with Gasteiger partial charge in [0.05, 0.1) is 11.4 Å². The van der Waals surface area contributed by atoms with Crippen LogP contribution in [-0.4, -0.2) is 22.0 Å². The quantitative estimate of drug-likeness (QED) is 0.246. The molecule has 0 heterocycles. The van der Waals surface area contributed by atoms with Gasteiger partial charge < -0.3 is 10.7 Å². The van der Waals surface area contributed by atoms with Gasteiger partial charge in [-0.1, -0.05) is 5.92 Å². The number of nitrogens with zero attached hydrogens (tertiary/aromatic N) is 2. The van der Waals surface area contributed by atoms with Crippen molar-refractivity contribution in [1.29, 1.82) is 0 Å². The molecule has 6 nitrogen and oxygen atoms in total. The van der Waals surface area contributed by atoms with Crippen molar-refractivity contribution in [3.05, 3.63) is 33.7 Å². The maximum Gasteiger partial charge on any atom is 0.224 e. The van der Waals surface area contributed by atoms with Gasteiger partial charge in [-0.05, 0) is 20.8 Å². The molecule has 0 rings (SSSR count). The first-order chi connectivity index (χ1) is 7.70. The van der Waals surface area contributed by atoms with Crippen LogP contribution < -0.4 is 11.6 Å². The van der Waals surface area contributed by atoms with Gasteiger partial charge in [-0.3, -0.25) is 10.1 Å². The van der Waals surface area contributed by atoms with Crippen LogP contribution >= 0.6 is 0 Å². The molecular weight excluding hydrogens is 220 g/mol. The Morgan fingerprint density at radius 2 is 2.12 bits per heavy atom. The highest BCUT2D eigenvalue weighted by atomic mass is 16.6. The number of hydrazine groups is 1. The topological polar surface area (TPSA) is 98.4 Å². The molecule has 0 aromatic rings. The van der Waals surface area contributed by atoms with Crippen molar-refractivity contribution in [1.82, 2.24) is 5.01 Å². The zero-order chi connectivity index (χ0) is 13.6. The van der Waals surface area contributed by atoms with Crippen LogP contribution in [0.15, 0.2) is 23.5 Å². The minimum Gasteiger partial charge on any atom is -0.397 e. The van der Waals surface area contributed by atoms with Crippen LogP contribution in [0.2, 0.25) is 0 Å². The highest BCUT2D eigenvalue weighted by Gasteiger charge is 2.21. The number of rotatable bonds is 4. The first kappa shape index (κ1) is 15.0. The minimum atomic E-state index is -0.488. The number of allylic oxidation sites excluding steroid dienone is 1. The predicted octanol–water partition coefficient (Wildman–Crippen LogP) is 0.597. The summed E-state index contributed by atoms with van der Waals surface area (Å²) in [7, 11) is 0. The van der Waals surface area contributed by atoms with Crippen LogP contribution in [0, 0.1) is 22.5 Å². The summed E-state index contributed by atoms with van der Waals surface area (Å²) in [6, 6.07) is 0. The molecule has 0 saturated carbocycles. The molecule has 0 unspecified atom stereocenters. The summed E-state index contributed by atoms with van der Waals surface area (Å²) in [6.45, 7) is 5.25. The lowest BCUT2D eigenvalue weighted by atomic mass is 10.1. The van der Waals surface area contributed by atoms with Crippen molar-refractivity contribution in [2.75, 3.05) is 6.54 Å². The van der Waals surface area contributed by atoms with Gasteiger partial charge in [-0.25, -0.2) is 5.84 Å². The SMILES string of the molecule is C#C/C=C(\C(N)=C/C[N+](=O)[O-])N(N)C(C)(C)C. The van der Waals surface area contributed by atoms with E-state index in [9.17, 15) is 10.1 Å². The predicted molar refractivity (Wildman–Crippen MR) is 66.8 cm³/mol. The van der Waals surface area contributed by atoms with Crippen molar-refractivity contribution >= 4 is 0 Å². The molecule has 0 aromatic heterocycles. The first-order valence-corrected chi connectivity index (χ1v) is 4.99. The van der Waals surface area contributed by atoms with E-state index in [1.807, 2.05) is 20.8 Å². The summed E-state index contributed by atoms with van der Waals surface area (Å²) < 4.78 is 0. The Morgan fingerprint density at radius 3 is 2.47 bits per heavy atom. The third-order valence-corrected chi connectivity index (χ3v) is 1.96. The zero-order valence-corrected chi connectivity index (χ0v) is 10.3. The van der Waals surface area contributed by atoms with E-state index in [4.69, 9.17) is 18.0 Å². The Kier molecular flexibility index (Phi) is 5.22. The Hall–Kier alpha value is -2.00. The van der Waals surface area contributed by atoms with Crippen LogP contribution in [0.25, 0.3) is 0 Å². The second-order valence-electron chi connectivity index (χ2n) is 4.41. The largest absolute Gasteiger partial charge is 0.397 e. The van der Waals surface area contributed by atoms with E-state index in [0.717, 1.165) is 0 Å². The average molecular weight is 238 g/mol. The molecule has 0 aliphatic carbocycles. The van der Waals surface area contributed by atoms with Gasteiger partial charge in [0.25, 0.3) is 0 Å². The number of terminal acetylenes is 1. The van der Waals surface area contributed by atoms with Gasteiger partial charge in [-0.15, -0.1) is 6.42 Å². The number of hydrogen-bond acceptors (Lipinski definition) is 5. The van der Waals surface area contributed by atoms with E-state index >= 15 is 0 Å². The highest BCUT2D eigenvalue weighted by Crippen LogP contribution is 2.18. The molecular formula is C11H18N4O2. The Bertz CT molecular complexity index is 385. The summed E-state index contributed by atoms with van der Waals surface area (Å²) in [6.07, 6.45) is 7.84. The molecule has 0 amide bonds. The van der Waals surface area contributed by atoms with E-state index < -0.39 is 10.5 Å². The number of hydrogen-bond donors (Lipinski definition) is 2. The van der Waals surface area contributed by atoms with Crippen molar-refractivity contribution in [3.8, 4) is 12.3 Å². The lowest BCUT2D eigenvalue weighted by Gasteiger charge is -2.34. The van der Waals surface area contributed by atoms with Crippen LogP contribution in [0.5, 0.6) is 0 Å². The fourth-order valence-electron chi connectivity index (χ4n) is 1.01. The summed E-state index contributed by atoms with van der Waals surface area (Å²) in [5, 5.41) is 11.6. The van der Waals surface area contributed by atoms with E-state index in [1.54, 1.807) is 0 Å². The maximum absolute atomic E-state index is 10.3. The van der Waals surface area contributed by atoms with E-state index in [2.05, 4.69) is 5.92 Å². The monoisotopic (exact) mass is 238 g/mol. The number of nitrogens with two attached hydrogens (primary N) is 2. The molecule has 0 radical (unpaired) electrons. The zero-order valence-electron chi connectivity index (χ0n) is 10.3. The number of nitro groups is 1. The third kappa shape index (κ3) is 5.04. The lowest BCUT2D eigenvalue weighted by molar-refractivity contribution is -0.468. The second kappa shape index (κ2) is 5.92. The fraction of sp³-hybridized carbons (Fsp3) is 0.455. The molecule has 0 spiro atoms. The van der Waals surface area contributed by atoms with Gasteiger partial charge in [0, 0.05) is 22.6 Å². The Morgan fingerprint density at radius 1 is 1.59 bits per heavy atom.